The minimum absolute atomic E-state index is 0.540. The second-order valence-electron chi connectivity index (χ2n) is 3.80. The first kappa shape index (κ1) is 10.9. The summed E-state index contributed by atoms with van der Waals surface area (Å²) < 4.78 is 0. The van der Waals surface area contributed by atoms with Crippen LogP contribution < -0.4 is 0 Å². The average Bonchev–Trinajstić information content (AvgIpc) is 2.39. The molecule has 0 N–H and O–H groups in total. The van der Waals surface area contributed by atoms with Crippen LogP contribution in [0.15, 0.2) is 42.5 Å². The van der Waals surface area contributed by atoms with E-state index in [4.69, 9.17) is 10.5 Å². The molecule has 0 saturated carbocycles. The van der Waals surface area contributed by atoms with Gasteiger partial charge < -0.3 is 0 Å². The van der Waals surface area contributed by atoms with Crippen molar-refractivity contribution in [1.82, 2.24) is 0 Å². The van der Waals surface area contributed by atoms with E-state index in [1.54, 1.807) is 6.07 Å². The Labute approximate surface area is 100 Å². The normalized spacial score (nSPS) is 9.35. The van der Waals surface area contributed by atoms with E-state index in [9.17, 15) is 0 Å². The third-order valence-electron chi connectivity index (χ3n) is 2.69. The number of nitrogens with zero attached hydrogens (tertiary/aromatic N) is 2. The molecule has 0 aliphatic heterocycles. The molecule has 0 spiro atoms. The highest BCUT2D eigenvalue weighted by Crippen LogP contribution is 2.26. The summed E-state index contributed by atoms with van der Waals surface area (Å²) in [5, 5.41) is 18.1. The predicted octanol–water partition coefficient (Wildman–Crippen LogP) is 3.41. The Morgan fingerprint density at radius 1 is 0.882 bits per heavy atom. The predicted molar refractivity (Wildman–Crippen MR) is 66.0 cm³/mol. The summed E-state index contributed by atoms with van der Waals surface area (Å²) in [6.07, 6.45) is 0. The van der Waals surface area contributed by atoms with Gasteiger partial charge in [-0.3, -0.25) is 0 Å². The van der Waals surface area contributed by atoms with E-state index in [0.29, 0.717) is 11.1 Å². The molecule has 80 valence electrons. The molecule has 2 aromatic carbocycles. The first-order valence-electron chi connectivity index (χ1n) is 5.26. The lowest BCUT2D eigenvalue weighted by molar-refractivity contribution is 1.37. The van der Waals surface area contributed by atoms with E-state index >= 15 is 0 Å². The SMILES string of the molecule is Cc1cc(-c2ccccc2)c(C#N)cc1C#N. The summed E-state index contributed by atoms with van der Waals surface area (Å²) in [6.45, 7) is 1.88. The van der Waals surface area contributed by atoms with E-state index in [0.717, 1.165) is 16.7 Å². The highest BCUT2D eigenvalue weighted by molar-refractivity contribution is 5.72. The molecular weight excluding hydrogens is 208 g/mol. The average molecular weight is 218 g/mol. The van der Waals surface area contributed by atoms with Gasteiger partial charge >= 0.3 is 0 Å². The molecule has 0 amide bonds. The Bertz CT molecular complexity index is 628. The van der Waals surface area contributed by atoms with E-state index in [1.165, 1.54) is 0 Å². The molecule has 0 unspecified atom stereocenters. The van der Waals surface area contributed by atoms with Gasteiger partial charge in [0.25, 0.3) is 0 Å². The lowest BCUT2D eigenvalue weighted by atomic mass is 9.95. The largest absolute Gasteiger partial charge is 0.192 e. The molecule has 0 aliphatic rings. The Morgan fingerprint density at radius 3 is 2.12 bits per heavy atom. The summed E-state index contributed by atoms with van der Waals surface area (Å²) in [7, 11) is 0. The van der Waals surface area contributed by atoms with Crippen molar-refractivity contribution in [3.8, 4) is 23.3 Å². The smallest absolute Gasteiger partial charge is 0.0998 e. The molecule has 0 aliphatic carbocycles. The van der Waals surface area contributed by atoms with Crippen LogP contribution in [0.5, 0.6) is 0 Å². The van der Waals surface area contributed by atoms with Crippen molar-refractivity contribution in [3.05, 3.63) is 59.2 Å². The molecule has 0 radical (unpaired) electrons. The molecular formula is C15H10N2. The van der Waals surface area contributed by atoms with Crippen molar-refractivity contribution in [2.45, 2.75) is 6.92 Å². The van der Waals surface area contributed by atoms with Gasteiger partial charge in [-0.2, -0.15) is 10.5 Å². The van der Waals surface area contributed by atoms with Crippen molar-refractivity contribution in [3.63, 3.8) is 0 Å². The molecule has 0 atom stereocenters. The van der Waals surface area contributed by atoms with Crippen molar-refractivity contribution in [2.24, 2.45) is 0 Å². The van der Waals surface area contributed by atoms with Gasteiger partial charge in [-0.25, -0.2) is 0 Å². The third kappa shape index (κ3) is 2.02. The van der Waals surface area contributed by atoms with E-state index in [-0.39, 0.29) is 0 Å². The van der Waals surface area contributed by atoms with Crippen LogP contribution in [-0.2, 0) is 0 Å². The lowest BCUT2D eigenvalue weighted by Gasteiger charge is -2.07. The number of rotatable bonds is 1. The summed E-state index contributed by atoms with van der Waals surface area (Å²) >= 11 is 0. The standard InChI is InChI=1S/C15H10N2/c1-11-7-15(12-5-3-2-4-6-12)14(10-17)8-13(11)9-16/h2-8H,1H3. The molecule has 2 heteroatoms. The molecule has 17 heavy (non-hydrogen) atoms. The van der Waals surface area contributed by atoms with Crippen LogP contribution in [0, 0.1) is 29.6 Å². The number of hydrogen-bond acceptors (Lipinski definition) is 2. The first-order chi connectivity index (χ1) is 8.26. The minimum atomic E-state index is 0.540. The molecule has 0 bridgehead atoms. The number of nitriles is 2. The van der Waals surface area contributed by atoms with Gasteiger partial charge in [0.1, 0.15) is 0 Å². The van der Waals surface area contributed by atoms with Crippen LogP contribution in [0.1, 0.15) is 16.7 Å². The van der Waals surface area contributed by atoms with E-state index in [2.05, 4.69) is 12.1 Å². The summed E-state index contributed by atoms with van der Waals surface area (Å²) in [5.41, 5.74) is 3.87. The molecule has 2 rings (SSSR count). The van der Waals surface area contributed by atoms with Crippen LogP contribution in [-0.4, -0.2) is 0 Å². The van der Waals surface area contributed by atoms with Gasteiger partial charge in [-0.1, -0.05) is 30.3 Å². The third-order valence-corrected chi connectivity index (χ3v) is 2.69. The maximum absolute atomic E-state index is 9.13. The summed E-state index contributed by atoms with van der Waals surface area (Å²) in [4.78, 5) is 0. The maximum atomic E-state index is 9.13. The number of benzene rings is 2. The van der Waals surface area contributed by atoms with E-state index < -0.39 is 0 Å². The van der Waals surface area contributed by atoms with Gasteiger partial charge in [-0.15, -0.1) is 0 Å². The molecule has 2 aromatic rings. The monoisotopic (exact) mass is 218 g/mol. The fourth-order valence-electron chi connectivity index (χ4n) is 1.78. The van der Waals surface area contributed by atoms with E-state index in [1.807, 2.05) is 43.3 Å². The van der Waals surface area contributed by atoms with Crippen molar-refractivity contribution in [1.29, 1.82) is 10.5 Å². The zero-order valence-corrected chi connectivity index (χ0v) is 9.44. The van der Waals surface area contributed by atoms with Crippen LogP contribution in [0.25, 0.3) is 11.1 Å². The van der Waals surface area contributed by atoms with Crippen LogP contribution in [0.4, 0.5) is 0 Å². The van der Waals surface area contributed by atoms with Gasteiger partial charge in [-0.05, 0) is 35.7 Å². The van der Waals surface area contributed by atoms with Gasteiger partial charge in [0.2, 0.25) is 0 Å². The summed E-state index contributed by atoms with van der Waals surface area (Å²) in [5.74, 6) is 0. The van der Waals surface area contributed by atoms with Gasteiger partial charge in [0.05, 0.1) is 23.3 Å². The van der Waals surface area contributed by atoms with Crippen molar-refractivity contribution >= 4 is 0 Å². The Morgan fingerprint density at radius 2 is 1.53 bits per heavy atom. The lowest BCUT2D eigenvalue weighted by Crippen LogP contribution is -1.90. The zero-order valence-electron chi connectivity index (χ0n) is 9.44. The first-order valence-corrected chi connectivity index (χ1v) is 5.26. The Kier molecular flexibility index (Phi) is 2.90. The molecule has 0 aromatic heterocycles. The Balaban J connectivity index is 2.68. The fraction of sp³-hybridized carbons (Fsp3) is 0.0667. The van der Waals surface area contributed by atoms with Crippen molar-refractivity contribution < 1.29 is 0 Å². The quantitative estimate of drug-likeness (QED) is 0.736. The van der Waals surface area contributed by atoms with Gasteiger partial charge in [0.15, 0.2) is 0 Å². The fourth-order valence-corrected chi connectivity index (χ4v) is 1.78. The topological polar surface area (TPSA) is 47.6 Å². The van der Waals surface area contributed by atoms with Crippen LogP contribution >= 0.6 is 0 Å². The van der Waals surface area contributed by atoms with Gasteiger partial charge in [0, 0.05) is 0 Å². The highest BCUT2D eigenvalue weighted by Gasteiger charge is 2.08. The second-order valence-corrected chi connectivity index (χ2v) is 3.80. The molecule has 0 heterocycles. The Hall–Kier alpha value is -2.58. The highest BCUT2D eigenvalue weighted by atomic mass is 14.3. The molecule has 0 saturated heterocycles. The maximum Gasteiger partial charge on any atom is 0.0998 e. The number of hydrogen-bond donors (Lipinski definition) is 0. The van der Waals surface area contributed by atoms with Crippen LogP contribution in [0.3, 0.4) is 0 Å². The molecule has 0 fully saturated rings. The minimum Gasteiger partial charge on any atom is -0.192 e. The summed E-state index contributed by atoms with van der Waals surface area (Å²) in [6, 6.07) is 17.5. The molecule has 2 nitrogen and oxygen atoms in total. The van der Waals surface area contributed by atoms with Crippen molar-refractivity contribution in [2.75, 3.05) is 0 Å². The van der Waals surface area contributed by atoms with Crippen LogP contribution in [0.2, 0.25) is 0 Å². The second kappa shape index (κ2) is 4.51. The number of aryl methyl sites for hydroxylation is 1. The zero-order chi connectivity index (χ0) is 12.3.